The van der Waals surface area contributed by atoms with Gasteiger partial charge in [0.05, 0.1) is 0 Å². The van der Waals surface area contributed by atoms with Crippen LogP contribution in [0.15, 0.2) is 18.2 Å². The summed E-state index contributed by atoms with van der Waals surface area (Å²) in [4.78, 5) is 11.7. The van der Waals surface area contributed by atoms with Crippen molar-refractivity contribution in [3.05, 3.63) is 35.4 Å². The first kappa shape index (κ1) is 11.2. The van der Waals surface area contributed by atoms with Crippen LogP contribution in [0.2, 0.25) is 0 Å². The number of ether oxygens (including phenoxy) is 1. The average Bonchev–Trinajstić information content (AvgIpc) is 2.68. The molecule has 0 aromatic heterocycles. The van der Waals surface area contributed by atoms with Crippen LogP contribution in [0.25, 0.3) is 0 Å². The maximum atomic E-state index is 12.9. The molecule has 1 unspecified atom stereocenters. The number of benzene rings is 1. The van der Waals surface area contributed by atoms with Crippen LogP contribution in [0, 0.1) is 17.6 Å². The van der Waals surface area contributed by atoms with Gasteiger partial charge in [0, 0.05) is 31.3 Å². The lowest BCUT2D eigenvalue weighted by Crippen LogP contribution is -2.09. The predicted octanol–water partition coefficient (Wildman–Crippen LogP) is 2.57. The molecule has 1 fully saturated rings. The highest BCUT2D eigenvalue weighted by atomic mass is 19.1. The molecule has 0 spiro atoms. The third-order valence-electron chi connectivity index (χ3n) is 2.68. The van der Waals surface area contributed by atoms with Crippen LogP contribution in [0.3, 0.4) is 0 Å². The molecular weight excluding hydrogens is 214 g/mol. The van der Waals surface area contributed by atoms with Gasteiger partial charge in [-0.25, -0.2) is 8.78 Å². The molecule has 1 aliphatic heterocycles. The van der Waals surface area contributed by atoms with Crippen LogP contribution < -0.4 is 0 Å². The molecule has 0 amide bonds. The highest BCUT2D eigenvalue weighted by molar-refractivity contribution is 5.96. The molecule has 1 aliphatic rings. The SMILES string of the molecule is O=C(CC1CCOC1)c1cc(F)cc(F)c1. The van der Waals surface area contributed by atoms with Gasteiger partial charge >= 0.3 is 0 Å². The van der Waals surface area contributed by atoms with E-state index in [1.165, 1.54) is 0 Å². The van der Waals surface area contributed by atoms with Crippen molar-refractivity contribution >= 4 is 5.78 Å². The molecule has 1 aromatic rings. The number of hydrogen-bond donors (Lipinski definition) is 0. The summed E-state index contributed by atoms with van der Waals surface area (Å²) in [7, 11) is 0. The first-order valence-corrected chi connectivity index (χ1v) is 5.22. The normalized spacial score (nSPS) is 20.0. The molecule has 86 valence electrons. The molecule has 1 atom stereocenters. The smallest absolute Gasteiger partial charge is 0.163 e. The lowest BCUT2D eigenvalue weighted by molar-refractivity contribution is 0.0952. The van der Waals surface area contributed by atoms with Gasteiger partial charge in [-0.2, -0.15) is 0 Å². The third-order valence-corrected chi connectivity index (χ3v) is 2.68. The maximum Gasteiger partial charge on any atom is 0.163 e. The molecule has 0 radical (unpaired) electrons. The number of carbonyl (C=O) groups excluding carboxylic acids is 1. The Bertz CT molecular complexity index is 378. The van der Waals surface area contributed by atoms with Gasteiger partial charge < -0.3 is 4.74 Å². The Morgan fingerprint density at radius 3 is 2.56 bits per heavy atom. The van der Waals surface area contributed by atoms with Gasteiger partial charge in [0.2, 0.25) is 0 Å². The zero-order chi connectivity index (χ0) is 11.5. The second-order valence-electron chi connectivity index (χ2n) is 4.02. The predicted molar refractivity (Wildman–Crippen MR) is 54.2 cm³/mol. The summed E-state index contributed by atoms with van der Waals surface area (Å²) in [5.74, 6) is -1.48. The fourth-order valence-corrected chi connectivity index (χ4v) is 1.84. The standard InChI is InChI=1S/C12H12F2O2/c13-10-4-9(5-11(14)6-10)12(15)3-8-1-2-16-7-8/h4-6,8H,1-3,7H2. The van der Waals surface area contributed by atoms with Crippen LogP contribution in [0.5, 0.6) is 0 Å². The zero-order valence-corrected chi connectivity index (χ0v) is 8.71. The summed E-state index contributed by atoms with van der Waals surface area (Å²) in [6, 6.07) is 2.90. The summed E-state index contributed by atoms with van der Waals surface area (Å²) in [6.45, 7) is 1.22. The van der Waals surface area contributed by atoms with Crippen molar-refractivity contribution in [3.63, 3.8) is 0 Å². The molecule has 2 rings (SSSR count). The topological polar surface area (TPSA) is 26.3 Å². The molecule has 0 saturated carbocycles. The quantitative estimate of drug-likeness (QED) is 0.740. The van der Waals surface area contributed by atoms with E-state index in [1.54, 1.807) is 0 Å². The van der Waals surface area contributed by atoms with Crippen LogP contribution in [-0.4, -0.2) is 19.0 Å². The minimum Gasteiger partial charge on any atom is -0.381 e. The summed E-state index contributed by atoms with van der Waals surface area (Å²) < 4.78 is 30.9. The fourth-order valence-electron chi connectivity index (χ4n) is 1.84. The van der Waals surface area contributed by atoms with Crippen molar-refractivity contribution in [2.24, 2.45) is 5.92 Å². The van der Waals surface area contributed by atoms with Crippen molar-refractivity contribution in [1.29, 1.82) is 0 Å². The molecule has 0 N–H and O–H groups in total. The summed E-state index contributed by atoms with van der Waals surface area (Å²) in [5.41, 5.74) is 0.101. The number of Topliss-reactive ketones (excluding diaryl/α,β-unsaturated/α-hetero) is 1. The molecular formula is C12H12F2O2. The van der Waals surface area contributed by atoms with E-state index >= 15 is 0 Å². The molecule has 1 saturated heterocycles. The Labute approximate surface area is 92.2 Å². The van der Waals surface area contributed by atoms with Gasteiger partial charge in [0.15, 0.2) is 5.78 Å². The van der Waals surface area contributed by atoms with Crippen LogP contribution in [-0.2, 0) is 4.74 Å². The number of carbonyl (C=O) groups is 1. The molecule has 0 aliphatic carbocycles. The van der Waals surface area contributed by atoms with Gasteiger partial charge in [-0.15, -0.1) is 0 Å². The first-order chi connectivity index (χ1) is 7.65. The van der Waals surface area contributed by atoms with Crippen molar-refractivity contribution in [2.45, 2.75) is 12.8 Å². The lowest BCUT2D eigenvalue weighted by Gasteiger charge is -2.06. The molecule has 0 bridgehead atoms. The Morgan fingerprint density at radius 1 is 1.31 bits per heavy atom. The van der Waals surface area contributed by atoms with E-state index in [-0.39, 0.29) is 17.3 Å². The Hall–Kier alpha value is -1.29. The third kappa shape index (κ3) is 2.64. The van der Waals surface area contributed by atoms with E-state index in [0.717, 1.165) is 24.6 Å². The monoisotopic (exact) mass is 226 g/mol. The van der Waals surface area contributed by atoms with E-state index in [1.807, 2.05) is 0 Å². The molecule has 4 heteroatoms. The highest BCUT2D eigenvalue weighted by Crippen LogP contribution is 2.19. The van der Waals surface area contributed by atoms with Crippen molar-refractivity contribution in [3.8, 4) is 0 Å². The van der Waals surface area contributed by atoms with E-state index < -0.39 is 11.6 Å². The van der Waals surface area contributed by atoms with Crippen molar-refractivity contribution in [2.75, 3.05) is 13.2 Å². The zero-order valence-electron chi connectivity index (χ0n) is 8.71. The minimum absolute atomic E-state index is 0.101. The Morgan fingerprint density at radius 2 is 2.00 bits per heavy atom. The van der Waals surface area contributed by atoms with E-state index in [9.17, 15) is 13.6 Å². The number of ketones is 1. The van der Waals surface area contributed by atoms with Gasteiger partial charge in [-0.05, 0) is 24.5 Å². The second kappa shape index (κ2) is 4.70. The molecule has 2 nitrogen and oxygen atoms in total. The lowest BCUT2D eigenvalue weighted by atomic mass is 9.97. The molecule has 1 aromatic carbocycles. The highest BCUT2D eigenvalue weighted by Gasteiger charge is 2.20. The van der Waals surface area contributed by atoms with Crippen LogP contribution in [0.4, 0.5) is 8.78 Å². The summed E-state index contributed by atoms with van der Waals surface area (Å²) >= 11 is 0. The van der Waals surface area contributed by atoms with Gasteiger partial charge in [0.1, 0.15) is 11.6 Å². The van der Waals surface area contributed by atoms with Gasteiger partial charge in [-0.1, -0.05) is 0 Å². The molecule has 1 heterocycles. The average molecular weight is 226 g/mol. The summed E-state index contributed by atoms with van der Waals surface area (Å²) in [6.07, 6.45) is 1.13. The van der Waals surface area contributed by atoms with Crippen molar-refractivity contribution in [1.82, 2.24) is 0 Å². The van der Waals surface area contributed by atoms with Crippen LogP contribution >= 0.6 is 0 Å². The molecule has 16 heavy (non-hydrogen) atoms. The van der Waals surface area contributed by atoms with Crippen LogP contribution in [0.1, 0.15) is 23.2 Å². The van der Waals surface area contributed by atoms with Gasteiger partial charge in [0.25, 0.3) is 0 Å². The van der Waals surface area contributed by atoms with E-state index in [0.29, 0.717) is 19.6 Å². The number of hydrogen-bond acceptors (Lipinski definition) is 2. The fraction of sp³-hybridized carbons (Fsp3) is 0.417. The van der Waals surface area contributed by atoms with Crippen molar-refractivity contribution < 1.29 is 18.3 Å². The van der Waals surface area contributed by atoms with E-state index in [4.69, 9.17) is 4.74 Å². The first-order valence-electron chi connectivity index (χ1n) is 5.22. The van der Waals surface area contributed by atoms with Gasteiger partial charge in [-0.3, -0.25) is 4.79 Å². The second-order valence-corrected chi connectivity index (χ2v) is 4.02. The maximum absolute atomic E-state index is 12.9. The van der Waals surface area contributed by atoms with E-state index in [2.05, 4.69) is 0 Å². The summed E-state index contributed by atoms with van der Waals surface area (Å²) in [5, 5.41) is 0. The largest absolute Gasteiger partial charge is 0.381 e. The Kier molecular flexibility index (Phi) is 3.29. The number of halogens is 2. The minimum atomic E-state index is -0.717. The number of rotatable bonds is 3. The Balaban J connectivity index is 2.07.